The second-order valence-electron chi connectivity index (χ2n) is 7.27. The summed E-state index contributed by atoms with van der Waals surface area (Å²) in [6, 6.07) is 19.0. The minimum absolute atomic E-state index is 0.0372. The molecule has 1 heterocycles. The minimum atomic E-state index is -0.213. The van der Waals surface area contributed by atoms with Crippen molar-refractivity contribution >= 4 is 50.9 Å². The molecule has 3 aromatic rings. The van der Waals surface area contributed by atoms with Gasteiger partial charge >= 0.3 is 0 Å². The molecule has 0 unspecified atom stereocenters. The van der Waals surface area contributed by atoms with Gasteiger partial charge < -0.3 is 15.1 Å². The van der Waals surface area contributed by atoms with Crippen LogP contribution in [0.25, 0.3) is 10.8 Å². The van der Waals surface area contributed by atoms with Gasteiger partial charge in [-0.25, -0.2) is 0 Å². The van der Waals surface area contributed by atoms with Gasteiger partial charge in [-0.1, -0.05) is 36.4 Å². The number of piperazine rings is 1. The van der Waals surface area contributed by atoms with E-state index in [1.165, 1.54) is 0 Å². The van der Waals surface area contributed by atoms with E-state index in [1.54, 1.807) is 0 Å². The summed E-state index contributed by atoms with van der Waals surface area (Å²) >= 11 is 2.19. The Morgan fingerprint density at radius 3 is 2.41 bits per heavy atom. The molecule has 0 aliphatic carbocycles. The van der Waals surface area contributed by atoms with Crippen LogP contribution >= 0.6 is 22.6 Å². The zero-order valence-electron chi connectivity index (χ0n) is 16.2. The van der Waals surface area contributed by atoms with Crippen LogP contribution in [-0.2, 0) is 0 Å². The highest BCUT2D eigenvalue weighted by atomic mass is 127. The third kappa shape index (κ3) is 4.28. The molecule has 0 saturated carbocycles. The first-order valence-electron chi connectivity index (χ1n) is 9.59. The van der Waals surface area contributed by atoms with Gasteiger partial charge in [-0.2, -0.15) is 0 Å². The Morgan fingerprint density at radius 2 is 1.62 bits per heavy atom. The Balaban J connectivity index is 1.63. The van der Waals surface area contributed by atoms with E-state index in [-0.39, 0.29) is 11.8 Å². The fourth-order valence-electron chi connectivity index (χ4n) is 3.60. The molecule has 3 aromatic carbocycles. The number of amides is 2. The molecule has 0 radical (unpaired) electrons. The van der Waals surface area contributed by atoms with Crippen molar-refractivity contribution in [2.45, 2.75) is 0 Å². The monoisotopic (exact) mass is 499 g/mol. The lowest BCUT2D eigenvalue weighted by atomic mass is 10.0. The van der Waals surface area contributed by atoms with Crippen molar-refractivity contribution in [2.24, 2.45) is 0 Å². The highest BCUT2D eigenvalue weighted by Gasteiger charge is 2.23. The first kappa shape index (κ1) is 19.8. The van der Waals surface area contributed by atoms with Crippen molar-refractivity contribution in [3.05, 3.63) is 75.4 Å². The summed E-state index contributed by atoms with van der Waals surface area (Å²) in [6.45, 7) is 3.09. The van der Waals surface area contributed by atoms with E-state index in [9.17, 15) is 9.59 Å². The molecule has 1 N–H and O–H groups in total. The van der Waals surface area contributed by atoms with E-state index in [2.05, 4.69) is 39.9 Å². The Hall–Kier alpha value is -2.45. The topological polar surface area (TPSA) is 52.6 Å². The van der Waals surface area contributed by atoms with E-state index < -0.39 is 0 Å². The molecule has 1 aliphatic rings. The van der Waals surface area contributed by atoms with Crippen LogP contribution < -0.4 is 5.32 Å². The lowest BCUT2D eigenvalue weighted by molar-refractivity contribution is 0.0665. The normalized spacial score (nSPS) is 14.8. The van der Waals surface area contributed by atoms with E-state index in [0.717, 1.165) is 27.4 Å². The molecular formula is C23H22IN3O2. The van der Waals surface area contributed by atoms with Crippen molar-refractivity contribution in [2.75, 3.05) is 38.5 Å². The van der Waals surface area contributed by atoms with Crippen LogP contribution in [0.5, 0.6) is 0 Å². The number of benzene rings is 3. The fraction of sp³-hybridized carbons (Fsp3) is 0.217. The lowest BCUT2D eigenvalue weighted by Gasteiger charge is -2.32. The highest BCUT2D eigenvalue weighted by molar-refractivity contribution is 14.1. The van der Waals surface area contributed by atoms with Gasteiger partial charge in [-0.05, 0) is 64.7 Å². The molecule has 29 heavy (non-hydrogen) atoms. The fourth-order valence-corrected chi connectivity index (χ4v) is 4.09. The average molecular weight is 499 g/mol. The molecule has 1 saturated heterocycles. The van der Waals surface area contributed by atoms with Crippen LogP contribution in [0.1, 0.15) is 20.7 Å². The van der Waals surface area contributed by atoms with E-state index in [4.69, 9.17) is 0 Å². The number of carbonyl (C=O) groups excluding carboxylic acids is 2. The van der Waals surface area contributed by atoms with Gasteiger partial charge in [-0.15, -0.1) is 0 Å². The molecule has 2 amide bonds. The van der Waals surface area contributed by atoms with Crippen LogP contribution in [0.4, 0.5) is 5.69 Å². The number of nitrogens with zero attached hydrogens (tertiary/aromatic N) is 2. The molecular weight excluding hydrogens is 477 g/mol. The number of anilines is 1. The molecule has 4 rings (SSSR count). The second-order valence-corrected chi connectivity index (χ2v) is 8.51. The van der Waals surface area contributed by atoms with Crippen LogP contribution in [-0.4, -0.2) is 54.8 Å². The predicted molar refractivity (Wildman–Crippen MR) is 124 cm³/mol. The third-order valence-electron chi connectivity index (χ3n) is 5.28. The maximum atomic E-state index is 13.2. The summed E-state index contributed by atoms with van der Waals surface area (Å²) in [6.07, 6.45) is 0. The summed E-state index contributed by atoms with van der Waals surface area (Å²) in [7, 11) is 2.06. The van der Waals surface area contributed by atoms with Gasteiger partial charge in [0, 0.05) is 35.3 Å². The number of likely N-dealkylation sites (N-methyl/N-ethyl adjacent to an activating group) is 1. The quantitative estimate of drug-likeness (QED) is 0.553. The standard InChI is InChI=1S/C23H22IN3O2/c1-26-11-13-27(14-12-26)23(29)20-15-17(24)9-10-21(20)25-22(28)19-8-4-6-16-5-2-3-7-18(16)19/h2-10,15H,11-14H2,1H3,(H,25,28). The first-order valence-corrected chi connectivity index (χ1v) is 10.7. The largest absolute Gasteiger partial charge is 0.336 e. The molecule has 0 aromatic heterocycles. The molecule has 1 fully saturated rings. The third-order valence-corrected chi connectivity index (χ3v) is 5.96. The van der Waals surface area contributed by atoms with Gasteiger partial charge in [0.05, 0.1) is 11.3 Å². The zero-order valence-corrected chi connectivity index (χ0v) is 18.3. The molecule has 0 atom stereocenters. The molecule has 0 bridgehead atoms. The first-order chi connectivity index (χ1) is 14.0. The van der Waals surface area contributed by atoms with Gasteiger partial charge in [0.25, 0.3) is 11.8 Å². The van der Waals surface area contributed by atoms with Gasteiger partial charge in [0.15, 0.2) is 0 Å². The van der Waals surface area contributed by atoms with Gasteiger partial charge in [0.1, 0.15) is 0 Å². The maximum Gasteiger partial charge on any atom is 0.256 e. The van der Waals surface area contributed by atoms with E-state index in [1.807, 2.05) is 65.6 Å². The minimum Gasteiger partial charge on any atom is -0.336 e. The van der Waals surface area contributed by atoms with Crippen LogP contribution in [0.15, 0.2) is 60.7 Å². The number of halogens is 1. The number of rotatable bonds is 3. The summed E-state index contributed by atoms with van der Waals surface area (Å²) in [5, 5.41) is 4.88. The number of nitrogens with one attached hydrogen (secondary N) is 1. The van der Waals surface area contributed by atoms with Crippen molar-refractivity contribution < 1.29 is 9.59 Å². The molecule has 1 aliphatic heterocycles. The smallest absolute Gasteiger partial charge is 0.256 e. The van der Waals surface area contributed by atoms with Gasteiger partial charge in [0.2, 0.25) is 0 Å². The lowest BCUT2D eigenvalue weighted by Crippen LogP contribution is -2.47. The maximum absolute atomic E-state index is 13.2. The number of hydrogen-bond acceptors (Lipinski definition) is 3. The molecule has 148 valence electrons. The second kappa shape index (κ2) is 8.51. The average Bonchev–Trinajstić information content (AvgIpc) is 2.74. The van der Waals surface area contributed by atoms with Crippen molar-refractivity contribution in [1.29, 1.82) is 0 Å². The zero-order chi connectivity index (χ0) is 20.4. The van der Waals surface area contributed by atoms with Crippen LogP contribution in [0.3, 0.4) is 0 Å². The van der Waals surface area contributed by atoms with Crippen LogP contribution in [0.2, 0.25) is 0 Å². The Labute approximate surface area is 183 Å². The Morgan fingerprint density at radius 1 is 0.897 bits per heavy atom. The molecule has 6 heteroatoms. The van der Waals surface area contributed by atoms with Crippen LogP contribution in [0, 0.1) is 3.57 Å². The SMILES string of the molecule is CN1CCN(C(=O)c2cc(I)ccc2NC(=O)c2cccc3ccccc23)CC1. The predicted octanol–water partition coefficient (Wildman–Crippen LogP) is 4.08. The highest BCUT2D eigenvalue weighted by Crippen LogP contribution is 2.24. The molecule has 5 nitrogen and oxygen atoms in total. The summed E-state index contributed by atoms with van der Waals surface area (Å²) in [5.41, 5.74) is 1.68. The van der Waals surface area contributed by atoms with E-state index >= 15 is 0 Å². The number of carbonyl (C=O) groups is 2. The summed E-state index contributed by atoms with van der Waals surface area (Å²) in [4.78, 5) is 30.3. The molecule has 0 spiro atoms. The Bertz CT molecular complexity index is 1070. The Kier molecular flexibility index (Phi) is 5.82. The number of fused-ring (bicyclic) bond motifs is 1. The van der Waals surface area contributed by atoms with Crippen molar-refractivity contribution in [3.8, 4) is 0 Å². The van der Waals surface area contributed by atoms with Gasteiger partial charge in [-0.3, -0.25) is 9.59 Å². The van der Waals surface area contributed by atoms with Crippen molar-refractivity contribution in [3.63, 3.8) is 0 Å². The van der Waals surface area contributed by atoms with Crippen molar-refractivity contribution in [1.82, 2.24) is 9.80 Å². The summed E-state index contributed by atoms with van der Waals surface area (Å²) < 4.78 is 0.961. The number of hydrogen-bond donors (Lipinski definition) is 1. The summed E-state index contributed by atoms with van der Waals surface area (Å²) in [5.74, 6) is -0.250. The van der Waals surface area contributed by atoms with E-state index in [0.29, 0.717) is 29.9 Å².